The lowest BCUT2D eigenvalue weighted by atomic mass is 10.2. The second-order valence-corrected chi connectivity index (χ2v) is 5.61. The van der Waals surface area contributed by atoms with Crippen molar-refractivity contribution >= 4 is 33.3 Å². The molecule has 9 heteroatoms. The molecule has 7 nitrogen and oxygen atoms in total. The Morgan fingerprint density at radius 1 is 1.37 bits per heavy atom. The van der Waals surface area contributed by atoms with Gasteiger partial charge in [-0.05, 0) is 24.3 Å². The monoisotopic (exact) mass is 301 g/mol. The van der Waals surface area contributed by atoms with Crippen molar-refractivity contribution < 1.29 is 18.3 Å². The number of aromatic amines is 1. The number of rotatable bonds is 4. The van der Waals surface area contributed by atoms with E-state index >= 15 is 0 Å². The number of nitrogens with zero attached hydrogens (tertiary/aromatic N) is 1. The highest BCUT2D eigenvalue weighted by Crippen LogP contribution is 2.23. The number of benzene rings is 1. The van der Waals surface area contributed by atoms with Gasteiger partial charge in [0.2, 0.25) is 0 Å². The first-order valence-electron chi connectivity index (χ1n) is 4.95. The van der Waals surface area contributed by atoms with Crippen LogP contribution in [0.25, 0.3) is 0 Å². The predicted octanol–water partition coefficient (Wildman–Crippen LogP) is 1.56. The van der Waals surface area contributed by atoms with Gasteiger partial charge >= 0.3 is 5.97 Å². The van der Waals surface area contributed by atoms with Crippen LogP contribution in [0.15, 0.2) is 35.5 Å². The van der Waals surface area contributed by atoms with E-state index in [9.17, 15) is 13.2 Å². The number of aromatic carboxylic acids is 1. The van der Waals surface area contributed by atoms with Crippen molar-refractivity contribution in [1.82, 2.24) is 10.2 Å². The number of halogens is 1. The average molecular weight is 302 g/mol. The molecule has 0 bridgehead atoms. The van der Waals surface area contributed by atoms with E-state index in [4.69, 9.17) is 16.7 Å². The summed E-state index contributed by atoms with van der Waals surface area (Å²) in [7, 11) is -3.91. The number of anilines is 1. The summed E-state index contributed by atoms with van der Waals surface area (Å²) in [4.78, 5) is 11.0. The lowest BCUT2D eigenvalue weighted by molar-refractivity contribution is 0.0698. The maximum absolute atomic E-state index is 11.9. The van der Waals surface area contributed by atoms with Crippen LogP contribution in [0.5, 0.6) is 0 Å². The molecule has 19 heavy (non-hydrogen) atoms. The highest BCUT2D eigenvalue weighted by atomic mass is 35.5. The van der Waals surface area contributed by atoms with Gasteiger partial charge in [-0.3, -0.25) is 9.82 Å². The maximum atomic E-state index is 11.9. The smallest absolute Gasteiger partial charge is 0.337 e. The molecule has 100 valence electrons. The highest BCUT2D eigenvalue weighted by molar-refractivity contribution is 7.92. The molecule has 1 heterocycles. The fraction of sp³-hybridized carbons (Fsp3) is 0. The van der Waals surface area contributed by atoms with Gasteiger partial charge in [-0.2, -0.15) is 13.5 Å². The van der Waals surface area contributed by atoms with Crippen LogP contribution in [0.3, 0.4) is 0 Å². The van der Waals surface area contributed by atoms with Crippen LogP contribution in [0, 0.1) is 0 Å². The lowest BCUT2D eigenvalue weighted by Crippen LogP contribution is -2.16. The molecule has 0 amide bonds. The zero-order chi connectivity index (χ0) is 14.0. The third-order valence-corrected chi connectivity index (χ3v) is 3.75. The molecule has 0 saturated heterocycles. The Bertz CT molecular complexity index is 712. The van der Waals surface area contributed by atoms with Gasteiger partial charge in [-0.15, -0.1) is 0 Å². The summed E-state index contributed by atoms with van der Waals surface area (Å²) in [5, 5.41) is 14.8. The number of H-pyrrole nitrogens is 1. The third-order valence-electron chi connectivity index (χ3n) is 2.22. The van der Waals surface area contributed by atoms with E-state index in [0.29, 0.717) is 0 Å². The first kappa shape index (κ1) is 13.4. The summed E-state index contributed by atoms with van der Waals surface area (Å²) >= 11 is 5.67. The molecular weight excluding hydrogens is 294 g/mol. The Hall–Kier alpha value is -2.06. The number of carboxylic acids is 1. The van der Waals surface area contributed by atoms with E-state index < -0.39 is 16.0 Å². The summed E-state index contributed by atoms with van der Waals surface area (Å²) in [6.07, 6.45) is 1.27. The number of aromatic nitrogens is 2. The van der Waals surface area contributed by atoms with Gasteiger partial charge in [0, 0.05) is 5.02 Å². The molecule has 0 aliphatic heterocycles. The van der Waals surface area contributed by atoms with E-state index in [-0.39, 0.29) is 21.3 Å². The summed E-state index contributed by atoms with van der Waals surface area (Å²) < 4.78 is 26.0. The molecule has 0 saturated carbocycles. The van der Waals surface area contributed by atoms with Gasteiger partial charge in [-0.1, -0.05) is 11.6 Å². The molecule has 1 aromatic carbocycles. The lowest BCUT2D eigenvalue weighted by Gasteiger charge is -2.09. The Kier molecular flexibility index (Phi) is 3.45. The van der Waals surface area contributed by atoms with Crippen LogP contribution in [0.4, 0.5) is 5.69 Å². The van der Waals surface area contributed by atoms with Gasteiger partial charge in [0.1, 0.15) is 0 Å². The quantitative estimate of drug-likeness (QED) is 0.793. The van der Waals surface area contributed by atoms with Crippen LogP contribution in [0.2, 0.25) is 5.02 Å². The molecule has 0 aliphatic carbocycles. The minimum atomic E-state index is -3.91. The van der Waals surface area contributed by atoms with Gasteiger partial charge in [0.25, 0.3) is 10.0 Å². The zero-order valence-electron chi connectivity index (χ0n) is 9.29. The largest absolute Gasteiger partial charge is 0.478 e. The summed E-state index contributed by atoms with van der Waals surface area (Å²) in [6.45, 7) is 0. The van der Waals surface area contributed by atoms with Crippen molar-refractivity contribution in [3.05, 3.63) is 41.0 Å². The van der Waals surface area contributed by atoms with Crippen molar-refractivity contribution in [1.29, 1.82) is 0 Å². The number of carboxylic acid groups (broad SMARTS) is 1. The zero-order valence-corrected chi connectivity index (χ0v) is 10.9. The van der Waals surface area contributed by atoms with Crippen LogP contribution in [-0.4, -0.2) is 29.7 Å². The van der Waals surface area contributed by atoms with Crippen molar-refractivity contribution in [2.45, 2.75) is 5.03 Å². The SMILES string of the molecule is O=C(O)c1cc(Cl)ccc1NS(=O)(=O)c1ccn[nH]1. The molecular formula is C10H8ClN3O4S. The normalized spacial score (nSPS) is 11.2. The molecule has 2 rings (SSSR count). The minimum Gasteiger partial charge on any atom is -0.478 e. The first-order valence-corrected chi connectivity index (χ1v) is 6.81. The number of hydrogen-bond acceptors (Lipinski definition) is 4. The number of nitrogens with one attached hydrogen (secondary N) is 2. The van der Waals surface area contributed by atoms with Crippen LogP contribution < -0.4 is 4.72 Å². The number of carbonyl (C=O) groups is 1. The maximum Gasteiger partial charge on any atom is 0.337 e. The van der Waals surface area contributed by atoms with E-state index in [2.05, 4.69) is 14.9 Å². The summed E-state index contributed by atoms with van der Waals surface area (Å²) in [5.41, 5.74) is -0.318. The second-order valence-electron chi connectivity index (χ2n) is 3.52. The Labute approximate surface area is 113 Å². The van der Waals surface area contributed by atoms with Crippen LogP contribution in [-0.2, 0) is 10.0 Å². The summed E-state index contributed by atoms with van der Waals surface area (Å²) in [6, 6.07) is 5.08. The molecule has 0 spiro atoms. The van der Waals surface area contributed by atoms with Crippen molar-refractivity contribution in [3.8, 4) is 0 Å². The van der Waals surface area contributed by atoms with E-state index in [1.54, 1.807) is 0 Å². The Balaban J connectivity index is 2.42. The highest BCUT2D eigenvalue weighted by Gasteiger charge is 2.19. The molecule has 0 aliphatic rings. The van der Waals surface area contributed by atoms with E-state index in [0.717, 1.165) is 6.07 Å². The third kappa shape index (κ3) is 2.85. The number of sulfonamides is 1. The first-order chi connectivity index (χ1) is 8.90. The molecule has 2 aromatic rings. The fourth-order valence-corrected chi connectivity index (χ4v) is 2.54. The van der Waals surface area contributed by atoms with Gasteiger partial charge in [0.15, 0.2) is 5.03 Å². The van der Waals surface area contributed by atoms with Gasteiger partial charge in [-0.25, -0.2) is 4.79 Å². The van der Waals surface area contributed by atoms with Crippen molar-refractivity contribution in [3.63, 3.8) is 0 Å². The molecule has 3 N–H and O–H groups in total. The van der Waals surface area contributed by atoms with E-state index in [1.807, 2.05) is 0 Å². The standard InChI is InChI=1S/C10H8ClN3O4S/c11-6-1-2-8(7(5-6)10(15)16)14-19(17,18)9-3-4-12-13-9/h1-5,14H,(H,12,13)(H,15,16). The Morgan fingerprint density at radius 3 is 2.68 bits per heavy atom. The molecule has 0 radical (unpaired) electrons. The molecule has 0 unspecified atom stereocenters. The summed E-state index contributed by atoms with van der Waals surface area (Å²) in [5.74, 6) is -1.29. The fourth-order valence-electron chi connectivity index (χ4n) is 1.37. The van der Waals surface area contributed by atoms with Crippen molar-refractivity contribution in [2.24, 2.45) is 0 Å². The Morgan fingerprint density at radius 2 is 2.11 bits per heavy atom. The van der Waals surface area contributed by atoms with Crippen LogP contribution >= 0.6 is 11.6 Å². The van der Waals surface area contributed by atoms with Crippen LogP contribution in [0.1, 0.15) is 10.4 Å². The van der Waals surface area contributed by atoms with E-state index in [1.165, 1.54) is 24.4 Å². The topological polar surface area (TPSA) is 112 Å². The molecule has 0 atom stereocenters. The molecule has 0 fully saturated rings. The second kappa shape index (κ2) is 4.90. The molecule has 1 aromatic heterocycles. The average Bonchev–Trinajstić information content (AvgIpc) is 2.85. The predicted molar refractivity (Wildman–Crippen MR) is 67.8 cm³/mol. The van der Waals surface area contributed by atoms with Gasteiger partial charge in [0.05, 0.1) is 17.4 Å². The van der Waals surface area contributed by atoms with Crippen molar-refractivity contribution in [2.75, 3.05) is 4.72 Å². The van der Waals surface area contributed by atoms with Gasteiger partial charge < -0.3 is 5.11 Å². The minimum absolute atomic E-state index is 0.0773. The number of hydrogen-bond donors (Lipinski definition) is 3.